The molecule has 1 saturated carbocycles. The molecule has 1 fully saturated rings. The summed E-state index contributed by atoms with van der Waals surface area (Å²) >= 11 is 0. The molecule has 0 radical (unpaired) electrons. The van der Waals surface area contributed by atoms with Crippen LogP contribution >= 0.6 is 0 Å². The van der Waals surface area contributed by atoms with Gasteiger partial charge < -0.3 is 10.4 Å². The number of aromatic carboxylic acids is 1. The van der Waals surface area contributed by atoms with Crippen LogP contribution in [-0.2, 0) is 6.54 Å². The first-order chi connectivity index (χ1) is 9.20. The Bertz CT molecular complexity index is 426. The van der Waals surface area contributed by atoms with Crippen molar-refractivity contribution < 1.29 is 9.90 Å². The molecule has 1 heterocycles. The average Bonchev–Trinajstić information content (AvgIpc) is 2.46. The molecule has 0 amide bonds. The summed E-state index contributed by atoms with van der Waals surface area (Å²) in [4.78, 5) is 15.3. The molecule has 4 nitrogen and oxygen atoms in total. The normalized spacial score (nSPS) is 23.2. The molecule has 2 N–H and O–H groups in total. The van der Waals surface area contributed by atoms with Crippen molar-refractivity contribution in [2.24, 2.45) is 5.92 Å². The van der Waals surface area contributed by atoms with E-state index in [9.17, 15) is 4.79 Å². The van der Waals surface area contributed by atoms with E-state index in [0.717, 1.165) is 5.92 Å². The summed E-state index contributed by atoms with van der Waals surface area (Å²) in [6.45, 7) is 2.80. The van der Waals surface area contributed by atoms with E-state index in [1.807, 2.05) is 0 Å². The third-order valence-electron chi connectivity index (χ3n) is 4.10. The largest absolute Gasteiger partial charge is 0.478 e. The lowest BCUT2D eigenvalue weighted by molar-refractivity contribution is 0.0694. The molecule has 0 unspecified atom stereocenters. The standard InChI is InChI=1S/C15H22N2O2/c1-2-11-5-7-12(8-6-11)17-10-14-13(15(18)19)4-3-9-16-14/h3-4,9,11-12,17H,2,5-8,10H2,1H3,(H,18,19). The van der Waals surface area contributed by atoms with Crippen molar-refractivity contribution in [1.82, 2.24) is 10.3 Å². The molecule has 1 aliphatic rings. The van der Waals surface area contributed by atoms with Crippen LogP contribution in [0.1, 0.15) is 55.1 Å². The zero-order valence-electron chi connectivity index (χ0n) is 11.4. The molecular weight excluding hydrogens is 240 g/mol. The van der Waals surface area contributed by atoms with Crippen molar-refractivity contribution in [3.63, 3.8) is 0 Å². The number of nitrogens with zero attached hydrogens (tertiary/aromatic N) is 1. The molecule has 0 aliphatic heterocycles. The molecule has 4 heteroatoms. The Morgan fingerprint density at radius 1 is 1.42 bits per heavy atom. The molecule has 0 saturated heterocycles. The third kappa shape index (κ3) is 3.77. The van der Waals surface area contributed by atoms with Gasteiger partial charge in [-0.2, -0.15) is 0 Å². The molecule has 2 rings (SSSR count). The van der Waals surface area contributed by atoms with Crippen LogP contribution in [0.3, 0.4) is 0 Å². The fraction of sp³-hybridized carbons (Fsp3) is 0.600. The lowest BCUT2D eigenvalue weighted by Gasteiger charge is -2.28. The number of nitrogens with one attached hydrogen (secondary N) is 1. The van der Waals surface area contributed by atoms with Crippen LogP contribution in [0.15, 0.2) is 18.3 Å². The Labute approximate surface area is 114 Å². The zero-order chi connectivity index (χ0) is 13.7. The highest BCUT2D eigenvalue weighted by atomic mass is 16.4. The van der Waals surface area contributed by atoms with Gasteiger partial charge in [0.25, 0.3) is 0 Å². The predicted octanol–water partition coefficient (Wildman–Crippen LogP) is 2.84. The van der Waals surface area contributed by atoms with Gasteiger partial charge in [-0.15, -0.1) is 0 Å². The Kier molecular flexibility index (Phi) is 4.91. The molecule has 1 aromatic heterocycles. The quantitative estimate of drug-likeness (QED) is 0.856. The fourth-order valence-electron chi connectivity index (χ4n) is 2.79. The molecule has 1 aromatic rings. The van der Waals surface area contributed by atoms with Crippen molar-refractivity contribution in [3.05, 3.63) is 29.6 Å². The number of aromatic nitrogens is 1. The summed E-state index contributed by atoms with van der Waals surface area (Å²) in [5.74, 6) is -0.0259. The Hall–Kier alpha value is -1.42. The third-order valence-corrected chi connectivity index (χ3v) is 4.10. The maximum absolute atomic E-state index is 11.1. The minimum Gasteiger partial charge on any atom is -0.478 e. The molecule has 19 heavy (non-hydrogen) atoms. The topological polar surface area (TPSA) is 62.2 Å². The second kappa shape index (κ2) is 6.66. The van der Waals surface area contributed by atoms with Gasteiger partial charge in [-0.05, 0) is 43.7 Å². The van der Waals surface area contributed by atoms with Gasteiger partial charge in [0, 0.05) is 18.8 Å². The van der Waals surface area contributed by atoms with Gasteiger partial charge in [0.2, 0.25) is 0 Å². The van der Waals surface area contributed by atoms with E-state index >= 15 is 0 Å². The number of carboxylic acid groups (broad SMARTS) is 1. The Balaban J connectivity index is 1.88. The average molecular weight is 262 g/mol. The molecule has 0 aromatic carbocycles. The van der Waals surface area contributed by atoms with Gasteiger partial charge in [0.15, 0.2) is 0 Å². The second-order valence-electron chi connectivity index (χ2n) is 5.31. The van der Waals surface area contributed by atoms with Gasteiger partial charge in [0.05, 0.1) is 11.3 Å². The number of carbonyl (C=O) groups is 1. The summed E-state index contributed by atoms with van der Waals surface area (Å²) in [6, 6.07) is 3.78. The van der Waals surface area contributed by atoms with Gasteiger partial charge >= 0.3 is 5.97 Å². The van der Waals surface area contributed by atoms with Crippen LogP contribution in [0, 0.1) is 5.92 Å². The molecule has 0 atom stereocenters. The lowest BCUT2D eigenvalue weighted by atomic mass is 9.84. The van der Waals surface area contributed by atoms with E-state index in [0.29, 0.717) is 23.8 Å². The van der Waals surface area contributed by atoms with Gasteiger partial charge in [-0.1, -0.05) is 13.3 Å². The van der Waals surface area contributed by atoms with E-state index in [4.69, 9.17) is 5.11 Å². The number of hydrogen-bond donors (Lipinski definition) is 2. The first kappa shape index (κ1) is 14.0. The van der Waals surface area contributed by atoms with Crippen LogP contribution in [0.25, 0.3) is 0 Å². The number of rotatable bonds is 5. The first-order valence-corrected chi connectivity index (χ1v) is 7.11. The van der Waals surface area contributed by atoms with E-state index in [1.54, 1.807) is 18.3 Å². The summed E-state index contributed by atoms with van der Waals surface area (Å²) in [5, 5.41) is 12.6. The van der Waals surface area contributed by atoms with Crippen molar-refractivity contribution in [2.45, 2.75) is 51.6 Å². The molecular formula is C15H22N2O2. The maximum atomic E-state index is 11.1. The van der Waals surface area contributed by atoms with Crippen molar-refractivity contribution >= 4 is 5.97 Å². The van der Waals surface area contributed by atoms with Gasteiger partial charge in [-0.25, -0.2) is 4.79 Å². The minimum absolute atomic E-state index is 0.303. The molecule has 104 valence electrons. The summed E-state index contributed by atoms with van der Waals surface area (Å²) in [6.07, 6.45) is 7.86. The number of pyridine rings is 1. The predicted molar refractivity (Wildman–Crippen MR) is 74.1 cm³/mol. The Morgan fingerprint density at radius 3 is 2.79 bits per heavy atom. The minimum atomic E-state index is -0.903. The highest BCUT2D eigenvalue weighted by molar-refractivity contribution is 5.88. The lowest BCUT2D eigenvalue weighted by Crippen LogP contribution is -2.33. The van der Waals surface area contributed by atoms with Crippen LogP contribution < -0.4 is 5.32 Å². The zero-order valence-corrected chi connectivity index (χ0v) is 11.4. The van der Waals surface area contributed by atoms with E-state index in [1.165, 1.54) is 32.1 Å². The number of hydrogen-bond acceptors (Lipinski definition) is 3. The van der Waals surface area contributed by atoms with Gasteiger partial charge in [0.1, 0.15) is 0 Å². The van der Waals surface area contributed by atoms with Crippen LogP contribution in [0.5, 0.6) is 0 Å². The SMILES string of the molecule is CCC1CCC(NCc2ncccc2C(=O)O)CC1. The van der Waals surface area contributed by atoms with Crippen molar-refractivity contribution in [1.29, 1.82) is 0 Å². The van der Waals surface area contributed by atoms with E-state index < -0.39 is 5.97 Å². The van der Waals surface area contributed by atoms with Crippen molar-refractivity contribution in [2.75, 3.05) is 0 Å². The molecule has 0 bridgehead atoms. The monoisotopic (exact) mass is 262 g/mol. The summed E-state index contributed by atoms with van der Waals surface area (Å²) in [7, 11) is 0. The highest BCUT2D eigenvalue weighted by Gasteiger charge is 2.20. The van der Waals surface area contributed by atoms with Gasteiger partial charge in [-0.3, -0.25) is 4.98 Å². The van der Waals surface area contributed by atoms with E-state index in [-0.39, 0.29) is 0 Å². The smallest absolute Gasteiger partial charge is 0.337 e. The Morgan fingerprint density at radius 2 is 2.16 bits per heavy atom. The summed E-state index contributed by atoms with van der Waals surface area (Å²) in [5.41, 5.74) is 0.935. The first-order valence-electron chi connectivity index (χ1n) is 7.11. The summed E-state index contributed by atoms with van der Waals surface area (Å²) < 4.78 is 0. The van der Waals surface area contributed by atoms with Crippen LogP contribution in [0.4, 0.5) is 0 Å². The fourth-order valence-corrected chi connectivity index (χ4v) is 2.79. The number of carboxylic acids is 1. The van der Waals surface area contributed by atoms with Crippen LogP contribution in [0.2, 0.25) is 0 Å². The van der Waals surface area contributed by atoms with Crippen molar-refractivity contribution in [3.8, 4) is 0 Å². The van der Waals surface area contributed by atoms with Crippen LogP contribution in [-0.4, -0.2) is 22.1 Å². The molecule has 1 aliphatic carbocycles. The molecule has 0 spiro atoms. The van der Waals surface area contributed by atoms with E-state index in [2.05, 4.69) is 17.2 Å². The highest BCUT2D eigenvalue weighted by Crippen LogP contribution is 2.26. The second-order valence-corrected chi connectivity index (χ2v) is 5.31. The maximum Gasteiger partial charge on any atom is 0.337 e.